The van der Waals surface area contributed by atoms with Gasteiger partial charge in [0.2, 0.25) is 0 Å². The van der Waals surface area contributed by atoms with Crippen molar-refractivity contribution in [2.75, 3.05) is 0 Å². The van der Waals surface area contributed by atoms with Crippen LogP contribution in [-0.2, 0) is 0 Å². The molecule has 0 aliphatic heterocycles. The summed E-state index contributed by atoms with van der Waals surface area (Å²) in [6.45, 7) is 2.04. The monoisotopic (exact) mass is 339 g/mol. The van der Waals surface area contributed by atoms with Crippen molar-refractivity contribution in [3.8, 4) is 11.3 Å². The Morgan fingerprint density at radius 1 is 1.32 bits per heavy atom. The van der Waals surface area contributed by atoms with Crippen LogP contribution in [0.1, 0.15) is 5.69 Å². The number of nitrogens with one attached hydrogen (secondary N) is 1. The van der Waals surface area contributed by atoms with Gasteiger partial charge in [-0.3, -0.25) is 10.1 Å². The summed E-state index contributed by atoms with van der Waals surface area (Å²) in [5.41, 5.74) is 3.17. The van der Waals surface area contributed by atoms with Gasteiger partial charge in [-0.05, 0) is 19.1 Å². The average molecular weight is 340 g/mol. The number of imidazole rings is 1. The number of halogens is 1. The summed E-state index contributed by atoms with van der Waals surface area (Å²) in [5, 5.41) is 12.7. The Bertz CT molecular complexity index is 733. The molecule has 0 spiro atoms. The van der Waals surface area contributed by atoms with E-state index < -0.39 is 4.92 Å². The standard InChI is InChI=1S/C12H9N3O2S.BrH/c1-8-7-18-12-13-11(6-14(8)12)9-2-4-10(5-3-9)15(16)17;/h2-7H,1H3;1H. The Hall–Kier alpha value is -1.73. The van der Waals surface area contributed by atoms with Crippen LogP contribution in [0.25, 0.3) is 16.2 Å². The van der Waals surface area contributed by atoms with E-state index in [1.54, 1.807) is 23.5 Å². The molecule has 0 aliphatic carbocycles. The van der Waals surface area contributed by atoms with E-state index in [0.29, 0.717) is 0 Å². The quantitative estimate of drug-likeness (QED) is 0.396. The predicted molar refractivity (Wildman–Crippen MR) is 68.7 cm³/mol. The second kappa shape index (κ2) is 5.10. The maximum atomic E-state index is 10.6. The number of nitrogens with zero attached hydrogens (tertiary/aromatic N) is 2. The van der Waals surface area contributed by atoms with Gasteiger partial charge in [-0.25, -0.2) is 4.98 Å². The van der Waals surface area contributed by atoms with E-state index in [4.69, 9.17) is 0 Å². The molecule has 19 heavy (non-hydrogen) atoms. The SMILES string of the molecule is Cc1csc2[nH]c(-c3ccc([N+](=O)[O-])cc3)c[n+]12.[Br-]. The van der Waals surface area contributed by atoms with Gasteiger partial charge >= 0.3 is 4.96 Å². The lowest BCUT2D eigenvalue weighted by Gasteiger charge is -1.93. The summed E-state index contributed by atoms with van der Waals surface area (Å²) in [5.74, 6) is 0. The molecule has 0 unspecified atom stereocenters. The maximum absolute atomic E-state index is 10.6. The van der Waals surface area contributed by atoms with Crippen LogP contribution in [0.4, 0.5) is 5.69 Å². The predicted octanol–water partition coefficient (Wildman–Crippen LogP) is -0.297. The van der Waals surface area contributed by atoms with E-state index in [9.17, 15) is 10.1 Å². The van der Waals surface area contributed by atoms with Crippen molar-refractivity contribution >= 4 is 22.0 Å². The first-order valence-electron chi connectivity index (χ1n) is 5.38. The molecule has 3 rings (SSSR count). The number of benzene rings is 1. The second-order valence-corrected chi connectivity index (χ2v) is 4.88. The Morgan fingerprint density at radius 2 is 2.00 bits per heavy atom. The molecular formula is C12H10BrN3O2S. The van der Waals surface area contributed by atoms with Crippen molar-refractivity contribution in [2.45, 2.75) is 6.92 Å². The Kier molecular flexibility index (Phi) is 3.68. The normalized spacial score (nSPS) is 10.4. The third-order valence-corrected chi connectivity index (χ3v) is 3.81. The number of nitro groups is 1. The highest BCUT2D eigenvalue weighted by Crippen LogP contribution is 2.21. The topological polar surface area (TPSA) is 63.0 Å². The molecule has 1 N–H and O–H groups in total. The zero-order chi connectivity index (χ0) is 12.7. The van der Waals surface area contributed by atoms with Gasteiger partial charge in [-0.15, -0.1) is 0 Å². The number of aromatic nitrogens is 2. The molecule has 0 radical (unpaired) electrons. The van der Waals surface area contributed by atoms with E-state index in [-0.39, 0.29) is 22.7 Å². The zero-order valence-corrected chi connectivity index (χ0v) is 12.4. The van der Waals surface area contributed by atoms with Crippen LogP contribution < -0.4 is 21.4 Å². The van der Waals surface area contributed by atoms with Crippen molar-refractivity contribution < 1.29 is 26.3 Å². The smallest absolute Gasteiger partial charge is 0.344 e. The van der Waals surface area contributed by atoms with Crippen molar-refractivity contribution in [3.05, 3.63) is 51.7 Å². The number of rotatable bonds is 2. The first-order valence-corrected chi connectivity index (χ1v) is 6.26. The van der Waals surface area contributed by atoms with Crippen molar-refractivity contribution in [3.63, 3.8) is 0 Å². The van der Waals surface area contributed by atoms with Gasteiger partial charge in [-0.1, -0.05) is 11.3 Å². The van der Waals surface area contributed by atoms with Crippen molar-refractivity contribution in [2.24, 2.45) is 0 Å². The Labute approximate surface area is 123 Å². The van der Waals surface area contributed by atoms with Gasteiger partial charge in [0.25, 0.3) is 5.69 Å². The molecule has 0 atom stereocenters. The fraction of sp³-hybridized carbons (Fsp3) is 0.0833. The first-order chi connectivity index (χ1) is 8.65. The van der Waals surface area contributed by atoms with E-state index in [1.807, 2.05) is 13.1 Å². The molecule has 0 amide bonds. The minimum absolute atomic E-state index is 0. The molecule has 0 bridgehead atoms. The lowest BCUT2D eigenvalue weighted by atomic mass is 10.1. The van der Waals surface area contributed by atoms with Gasteiger partial charge in [0.15, 0.2) is 5.69 Å². The summed E-state index contributed by atoms with van der Waals surface area (Å²) >= 11 is 1.64. The van der Waals surface area contributed by atoms with Gasteiger partial charge in [0.1, 0.15) is 11.9 Å². The van der Waals surface area contributed by atoms with E-state index in [2.05, 4.69) is 14.8 Å². The average Bonchev–Trinajstić information content (AvgIpc) is 2.92. The molecule has 3 aromatic rings. The molecule has 0 aliphatic rings. The molecule has 7 heteroatoms. The fourth-order valence-corrected chi connectivity index (χ4v) is 2.73. The van der Waals surface area contributed by atoms with Crippen molar-refractivity contribution in [1.29, 1.82) is 0 Å². The second-order valence-electron chi connectivity index (χ2n) is 4.02. The van der Waals surface area contributed by atoms with Gasteiger partial charge in [-0.2, -0.15) is 4.40 Å². The minimum atomic E-state index is -0.393. The summed E-state index contributed by atoms with van der Waals surface area (Å²) in [7, 11) is 0. The third-order valence-electron chi connectivity index (χ3n) is 2.83. The lowest BCUT2D eigenvalue weighted by molar-refractivity contribution is -0.512. The number of aromatic amines is 1. The van der Waals surface area contributed by atoms with Gasteiger partial charge < -0.3 is 17.0 Å². The highest BCUT2D eigenvalue weighted by atomic mass is 79.9. The van der Waals surface area contributed by atoms with Crippen LogP contribution in [0.3, 0.4) is 0 Å². The largest absolute Gasteiger partial charge is 1.00 e. The number of fused-ring (bicyclic) bond motifs is 1. The van der Waals surface area contributed by atoms with Gasteiger partial charge in [0, 0.05) is 23.1 Å². The minimum Gasteiger partial charge on any atom is -1.00 e. The molecule has 0 saturated heterocycles. The maximum Gasteiger partial charge on any atom is 0.344 e. The highest BCUT2D eigenvalue weighted by Gasteiger charge is 2.15. The number of non-ortho nitro benzene ring substituents is 1. The first kappa shape index (κ1) is 13.7. The molecule has 2 aromatic heterocycles. The third kappa shape index (κ3) is 2.39. The van der Waals surface area contributed by atoms with Crippen LogP contribution in [0.15, 0.2) is 35.8 Å². The Morgan fingerprint density at radius 3 is 2.58 bits per heavy atom. The van der Waals surface area contributed by atoms with E-state index in [1.165, 1.54) is 17.8 Å². The van der Waals surface area contributed by atoms with Crippen molar-refractivity contribution in [1.82, 2.24) is 4.98 Å². The molecule has 1 aromatic carbocycles. The molecule has 98 valence electrons. The summed E-state index contributed by atoms with van der Waals surface area (Å²) < 4.78 is 2.07. The number of hydrogen-bond donors (Lipinski definition) is 1. The van der Waals surface area contributed by atoms with Gasteiger partial charge in [0.05, 0.1) is 4.92 Å². The van der Waals surface area contributed by atoms with Crippen LogP contribution in [0.2, 0.25) is 0 Å². The van der Waals surface area contributed by atoms with Crippen LogP contribution >= 0.6 is 11.3 Å². The van der Waals surface area contributed by atoms with E-state index in [0.717, 1.165) is 16.2 Å². The summed E-state index contributed by atoms with van der Waals surface area (Å²) in [6.07, 6.45) is 2.00. The van der Waals surface area contributed by atoms with E-state index >= 15 is 0 Å². The molecule has 0 fully saturated rings. The molecular weight excluding hydrogens is 330 g/mol. The van der Waals surface area contributed by atoms with Crippen LogP contribution in [0, 0.1) is 17.0 Å². The number of H-pyrrole nitrogens is 1. The number of aryl methyl sites for hydroxylation is 1. The molecule has 0 saturated carbocycles. The highest BCUT2D eigenvalue weighted by molar-refractivity contribution is 7.14. The van der Waals surface area contributed by atoms with Crippen LogP contribution in [0.5, 0.6) is 0 Å². The molecule has 5 nitrogen and oxygen atoms in total. The Balaban J connectivity index is 0.00000133. The number of thiazole rings is 1. The summed E-state index contributed by atoms with van der Waals surface area (Å²) in [4.78, 5) is 14.5. The number of nitro benzene ring substituents is 1. The van der Waals surface area contributed by atoms with Crippen LogP contribution in [-0.4, -0.2) is 9.91 Å². The number of hydrogen-bond acceptors (Lipinski definition) is 3. The molecule has 2 heterocycles. The zero-order valence-electron chi connectivity index (χ0n) is 9.96. The fourth-order valence-electron chi connectivity index (χ4n) is 1.85. The summed E-state index contributed by atoms with van der Waals surface area (Å²) in [6, 6.07) is 6.54. The lowest BCUT2D eigenvalue weighted by Crippen LogP contribution is -3.00.